The van der Waals surface area contributed by atoms with Crippen molar-refractivity contribution in [3.63, 3.8) is 0 Å². The first kappa shape index (κ1) is 18.0. The topological polar surface area (TPSA) is 57.6 Å². The summed E-state index contributed by atoms with van der Waals surface area (Å²) >= 11 is 6.10. The number of carbonyl (C=O) groups excluding carboxylic acids is 1. The third-order valence-electron chi connectivity index (χ3n) is 5.03. The first-order valence-electron chi connectivity index (χ1n) is 8.04. The number of carboxylic acid groups (broad SMARTS) is 1. The fourth-order valence-corrected chi connectivity index (χ4v) is 3.76. The summed E-state index contributed by atoms with van der Waals surface area (Å²) in [6.45, 7) is 0.507. The fourth-order valence-electron chi connectivity index (χ4n) is 3.46. The van der Waals surface area contributed by atoms with Gasteiger partial charge in [-0.15, -0.1) is 0 Å². The number of amides is 1. The molecule has 1 saturated carbocycles. The van der Waals surface area contributed by atoms with Crippen molar-refractivity contribution < 1.29 is 27.9 Å². The van der Waals surface area contributed by atoms with E-state index in [0.29, 0.717) is 32.2 Å². The second-order valence-electron chi connectivity index (χ2n) is 6.70. The molecule has 1 aliphatic heterocycles. The molecule has 0 unspecified atom stereocenters. The van der Waals surface area contributed by atoms with Gasteiger partial charge in [-0.25, -0.2) is 0 Å². The van der Waals surface area contributed by atoms with Gasteiger partial charge in [0.15, 0.2) is 0 Å². The number of carboxylic acids is 1. The summed E-state index contributed by atoms with van der Waals surface area (Å²) in [6, 6.07) is 3.02. The minimum atomic E-state index is -4.52. The van der Waals surface area contributed by atoms with Gasteiger partial charge in [0, 0.05) is 18.1 Å². The number of likely N-dealkylation sites (tertiary alicyclic amines) is 1. The van der Waals surface area contributed by atoms with Crippen LogP contribution in [0.5, 0.6) is 0 Å². The Hall–Kier alpha value is -1.76. The van der Waals surface area contributed by atoms with Crippen LogP contribution in [0.15, 0.2) is 18.2 Å². The molecular formula is C17H17ClF3NO3. The van der Waals surface area contributed by atoms with Crippen molar-refractivity contribution in [3.8, 4) is 0 Å². The van der Waals surface area contributed by atoms with Crippen LogP contribution in [0.1, 0.15) is 36.8 Å². The summed E-state index contributed by atoms with van der Waals surface area (Å²) < 4.78 is 39.0. The molecule has 8 heteroatoms. The molecule has 0 bridgehead atoms. The van der Waals surface area contributed by atoms with E-state index >= 15 is 0 Å². The van der Waals surface area contributed by atoms with Crippen molar-refractivity contribution in [1.29, 1.82) is 0 Å². The van der Waals surface area contributed by atoms with Gasteiger partial charge >= 0.3 is 12.1 Å². The predicted octanol–water partition coefficient (Wildman–Crippen LogP) is 3.71. The van der Waals surface area contributed by atoms with Gasteiger partial charge in [0.05, 0.1) is 16.9 Å². The first-order valence-corrected chi connectivity index (χ1v) is 8.42. The van der Waals surface area contributed by atoms with E-state index in [1.807, 2.05) is 0 Å². The normalized spacial score (nSPS) is 22.6. The van der Waals surface area contributed by atoms with Crippen molar-refractivity contribution in [2.75, 3.05) is 13.1 Å². The standard InChI is InChI=1S/C17H17ClF3NO3/c18-13-4-3-11(17(19,20)21)8-12(13)16(5-6-16)15(25)22-7-1-2-10(9-22)14(23)24/h3-4,8,10H,1-2,5-7,9H2,(H,23,24)/t10-/m0/s1. The molecule has 4 nitrogen and oxygen atoms in total. The van der Waals surface area contributed by atoms with Gasteiger partial charge in [-0.1, -0.05) is 11.6 Å². The molecule has 0 aromatic heterocycles. The van der Waals surface area contributed by atoms with E-state index in [1.165, 1.54) is 11.0 Å². The fraction of sp³-hybridized carbons (Fsp3) is 0.529. The number of nitrogens with zero attached hydrogens (tertiary/aromatic N) is 1. The summed E-state index contributed by atoms with van der Waals surface area (Å²) in [6.07, 6.45) is -2.62. The molecule has 25 heavy (non-hydrogen) atoms. The van der Waals surface area contributed by atoms with Gasteiger partial charge in [-0.2, -0.15) is 13.2 Å². The molecule has 3 rings (SSSR count). The quantitative estimate of drug-likeness (QED) is 0.876. The molecule has 0 radical (unpaired) electrons. The molecule has 1 atom stereocenters. The van der Waals surface area contributed by atoms with Crippen molar-refractivity contribution in [2.45, 2.75) is 37.3 Å². The Morgan fingerprint density at radius 3 is 2.52 bits per heavy atom. The molecule has 1 N–H and O–H groups in total. The van der Waals surface area contributed by atoms with Crippen LogP contribution in [-0.4, -0.2) is 35.0 Å². The molecule has 1 aromatic carbocycles. The lowest BCUT2D eigenvalue weighted by atomic mass is 9.90. The number of aliphatic carboxylic acids is 1. The van der Waals surface area contributed by atoms with Crippen LogP contribution in [0.3, 0.4) is 0 Å². The van der Waals surface area contributed by atoms with Crippen LogP contribution in [0, 0.1) is 5.92 Å². The molecule has 1 aromatic rings. The number of alkyl halides is 3. The van der Waals surface area contributed by atoms with Crippen LogP contribution in [0.25, 0.3) is 0 Å². The maximum Gasteiger partial charge on any atom is 0.416 e. The zero-order valence-corrected chi connectivity index (χ0v) is 14.0. The lowest BCUT2D eigenvalue weighted by Crippen LogP contribution is -2.46. The SMILES string of the molecule is O=C(O)[C@H]1CCCN(C(=O)C2(c3cc(C(F)(F)F)ccc3Cl)CC2)C1. The van der Waals surface area contributed by atoms with Crippen LogP contribution < -0.4 is 0 Å². The van der Waals surface area contributed by atoms with Gasteiger partial charge < -0.3 is 10.0 Å². The zero-order valence-electron chi connectivity index (χ0n) is 13.3. The molecule has 2 aliphatic rings. The minimum Gasteiger partial charge on any atom is -0.481 e. The van der Waals surface area contributed by atoms with E-state index in [0.717, 1.165) is 12.1 Å². The molecule has 1 saturated heterocycles. The summed E-state index contributed by atoms with van der Waals surface area (Å²) in [4.78, 5) is 25.6. The number of hydrogen-bond acceptors (Lipinski definition) is 2. The van der Waals surface area contributed by atoms with Gasteiger partial charge in [-0.3, -0.25) is 9.59 Å². The maximum atomic E-state index is 13.0. The molecule has 2 fully saturated rings. The van der Waals surface area contributed by atoms with E-state index in [-0.39, 0.29) is 23.0 Å². The molecule has 136 valence electrons. The molecule has 1 heterocycles. The maximum absolute atomic E-state index is 13.0. The third kappa shape index (κ3) is 3.34. The Balaban J connectivity index is 1.89. The molecule has 0 spiro atoms. The van der Waals surface area contributed by atoms with Gasteiger partial charge in [0.1, 0.15) is 0 Å². The number of halogens is 4. The predicted molar refractivity (Wildman–Crippen MR) is 84.3 cm³/mol. The Morgan fingerprint density at radius 2 is 1.96 bits per heavy atom. The number of benzene rings is 1. The second kappa shape index (κ2) is 6.20. The lowest BCUT2D eigenvalue weighted by molar-refractivity contribution is -0.146. The van der Waals surface area contributed by atoms with E-state index < -0.39 is 29.0 Å². The Labute approximate surface area is 147 Å². The highest BCUT2D eigenvalue weighted by Crippen LogP contribution is 2.53. The molecule has 1 amide bonds. The Kier molecular flexibility index (Phi) is 4.47. The first-order chi connectivity index (χ1) is 11.6. The molecular weight excluding hydrogens is 359 g/mol. The Morgan fingerprint density at radius 1 is 1.28 bits per heavy atom. The van der Waals surface area contributed by atoms with Crippen LogP contribution in [0.2, 0.25) is 5.02 Å². The monoisotopic (exact) mass is 375 g/mol. The van der Waals surface area contributed by atoms with E-state index in [1.54, 1.807) is 0 Å². The largest absolute Gasteiger partial charge is 0.481 e. The van der Waals surface area contributed by atoms with E-state index in [2.05, 4.69) is 0 Å². The van der Waals surface area contributed by atoms with Crippen molar-refractivity contribution in [1.82, 2.24) is 4.90 Å². The number of hydrogen-bond donors (Lipinski definition) is 1. The van der Waals surface area contributed by atoms with E-state index in [4.69, 9.17) is 16.7 Å². The summed E-state index contributed by atoms with van der Waals surface area (Å²) in [5, 5.41) is 9.29. The average Bonchev–Trinajstić information content (AvgIpc) is 3.35. The summed E-state index contributed by atoms with van der Waals surface area (Å²) in [5.41, 5.74) is -1.71. The van der Waals surface area contributed by atoms with Crippen LogP contribution >= 0.6 is 11.6 Å². The second-order valence-corrected chi connectivity index (χ2v) is 7.11. The summed E-state index contributed by atoms with van der Waals surface area (Å²) in [5.74, 6) is -1.91. The number of rotatable bonds is 3. The lowest BCUT2D eigenvalue weighted by Gasteiger charge is -2.34. The van der Waals surface area contributed by atoms with Gasteiger partial charge in [0.2, 0.25) is 5.91 Å². The molecule has 1 aliphatic carbocycles. The van der Waals surface area contributed by atoms with Crippen LogP contribution in [-0.2, 0) is 21.2 Å². The smallest absolute Gasteiger partial charge is 0.416 e. The number of carbonyl (C=O) groups is 2. The third-order valence-corrected chi connectivity index (χ3v) is 5.36. The Bertz CT molecular complexity index is 716. The highest BCUT2D eigenvalue weighted by atomic mass is 35.5. The highest BCUT2D eigenvalue weighted by Gasteiger charge is 2.55. The van der Waals surface area contributed by atoms with Crippen molar-refractivity contribution in [2.24, 2.45) is 5.92 Å². The van der Waals surface area contributed by atoms with E-state index in [9.17, 15) is 22.8 Å². The minimum absolute atomic E-state index is 0.0898. The highest BCUT2D eigenvalue weighted by molar-refractivity contribution is 6.32. The van der Waals surface area contributed by atoms with Crippen molar-refractivity contribution >= 4 is 23.5 Å². The number of piperidine rings is 1. The van der Waals surface area contributed by atoms with Gasteiger partial charge in [-0.05, 0) is 49.4 Å². The summed E-state index contributed by atoms with van der Waals surface area (Å²) in [7, 11) is 0. The zero-order chi connectivity index (χ0) is 18.4. The van der Waals surface area contributed by atoms with Crippen molar-refractivity contribution in [3.05, 3.63) is 34.3 Å². The average molecular weight is 376 g/mol. The van der Waals surface area contributed by atoms with Gasteiger partial charge in [0.25, 0.3) is 0 Å². The van der Waals surface area contributed by atoms with Crippen LogP contribution in [0.4, 0.5) is 13.2 Å².